The summed E-state index contributed by atoms with van der Waals surface area (Å²) in [7, 11) is 0. The molecule has 0 aromatic carbocycles. The number of hydrogen-bond donors (Lipinski definition) is 1. The van der Waals surface area contributed by atoms with Gasteiger partial charge in [-0.15, -0.1) is 0 Å². The lowest BCUT2D eigenvalue weighted by atomic mass is 9.89. The third-order valence-corrected chi connectivity index (χ3v) is 4.55. The van der Waals surface area contributed by atoms with Crippen LogP contribution in [0.2, 0.25) is 0 Å². The van der Waals surface area contributed by atoms with Gasteiger partial charge in [0.1, 0.15) is 11.2 Å². The number of nitrogens with one attached hydrogen (secondary N) is 1. The van der Waals surface area contributed by atoms with Crippen LogP contribution in [0.25, 0.3) is 0 Å². The highest BCUT2D eigenvalue weighted by molar-refractivity contribution is 5.93. The van der Waals surface area contributed by atoms with Crippen LogP contribution in [0.3, 0.4) is 0 Å². The summed E-state index contributed by atoms with van der Waals surface area (Å²) in [5.74, 6) is 1.46. The number of carbonyl (C=O) groups is 1. The zero-order valence-electron chi connectivity index (χ0n) is 15.9. The van der Waals surface area contributed by atoms with E-state index in [1.165, 1.54) is 0 Å². The van der Waals surface area contributed by atoms with Gasteiger partial charge >= 0.3 is 0 Å². The van der Waals surface area contributed by atoms with E-state index in [0.717, 1.165) is 0 Å². The Morgan fingerprint density at radius 3 is 2.65 bits per heavy atom. The summed E-state index contributed by atoms with van der Waals surface area (Å²) in [5, 5.41) is 11.5. The van der Waals surface area contributed by atoms with Crippen LogP contribution in [0.5, 0.6) is 0 Å². The van der Waals surface area contributed by atoms with Gasteiger partial charge in [0.05, 0.1) is 0 Å². The second kappa shape index (κ2) is 7.57. The summed E-state index contributed by atoms with van der Waals surface area (Å²) < 4.78 is 12.8. The molecule has 0 aliphatic carbocycles. The largest absolute Gasteiger partial charge is 0.381 e. The van der Waals surface area contributed by atoms with Gasteiger partial charge in [0.15, 0.2) is 5.82 Å². The van der Waals surface area contributed by atoms with Gasteiger partial charge in [0.2, 0.25) is 0 Å². The predicted molar refractivity (Wildman–Crippen MR) is 94.6 cm³/mol. The van der Waals surface area contributed by atoms with Crippen molar-refractivity contribution in [2.24, 2.45) is 5.92 Å². The number of hydrogen-bond acceptors (Lipinski definition) is 6. The van der Waals surface area contributed by atoms with E-state index >= 15 is 0 Å². The Balaban J connectivity index is 1.87. The van der Waals surface area contributed by atoms with Crippen molar-refractivity contribution in [2.75, 3.05) is 13.2 Å². The lowest BCUT2D eigenvalue weighted by Gasteiger charge is -2.34. The molecule has 1 N–H and O–H groups in total. The molecule has 3 rings (SSSR count). The van der Waals surface area contributed by atoms with Crippen molar-refractivity contribution < 1.29 is 14.1 Å². The summed E-state index contributed by atoms with van der Waals surface area (Å²) >= 11 is 0. The van der Waals surface area contributed by atoms with Crippen molar-refractivity contribution in [3.8, 4) is 0 Å². The Morgan fingerprint density at radius 2 is 2.04 bits per heavy atom. The molecule has 142 valence electrons. The van der Waals surface area contributed by atoms with Crippen LogP contribution in [0, 0.1) is 5.92 Å². The first-order valence-corrected chi connectivity index (χ1v) is 9.17. The van der Waals surface area contributed by atoms with E-state index in [1.54, 1.807) is 16.9 Å². The molecule has 2 aromatic heterocycles. The third-order valence-electron chi connectivity index (χ3n) is 4.55. The van der Waals surface area contributed by atoms with Crippen molar-refractivity contribution in [1.29, 1.82) is 0 Å². The van der Waals surface area contributed by atoms with Crippen molar-refractivity contribution in [1.82, 2.24) is 25.2 Å². The monoisotopic (exact) mass is 361 g/mol. The molecule has 0 unspecified atom stereocenters. The maximum atomic E-state index is 13.0. The maximum absolute atomic E-state index is 13.0. The highest BCUT2D eigenvalue weighted by Gasteiger charge is 2.42. The molecular formula is C18H27N5O3. The molecule has 1 aliphatic heterocycles. The Bertz CT molecular complexity index is 744. The average Bonchev–Trinajstić information content (AvgIpc) is 3.24. The summed E-state index contributed by atoms with van der Waals surface area (Å²) in [4.78, 5) is 17.5. The number of nitrogens with zero attached hydrogens (tertiary/aromatic N) is 4. The molecule has 1 fully saturated rings. The molecule has 0 bridgehead atoms. The first-order chi connectivity index (χ1) is 12.4. The topological polar surface area (TPSA) is 95.1 Å². The van der Waals surface area contributed by atoms with Gasteiger partial charge in [-0.25, -0.2) is 0 Å². The normalized spacial score (nSPS) is 17.0. The van der Waals surface area contributed by atoms with Gasteiger partial charge in [0.25, 0.3) is 11.8 Å². The molecule has 0 radical (unpaired) electrons. The Morgan fingerprint density at radius 1 is 1.31 bits per heavy atom. The summed E-state index contributed by atoms with van der Waals surface area (Å²) in [5.41, 5.74) is -0.171. The maximum Gasteiger partial charge on any atom is 0.270 e. The Kier molecular flexibility index (Phi) is 5.41. The van der Waals surface area contributed by atoms with Gasteiger partial charge < -0.3 is 14.6 Å². The summed E-state index contributed by atoms with van der Waals surface area (Å²) in [6, 6.07) is 1.73. The number of carbonyl (C=O) groups excluding carboxylic acids is 1. The zero-order valence-corrected chi connectivity index (χ0v) is 15.9. The Labute approximate surface area is 153 Å². The molecule has 3 heterocycles. The highest BCUT2D eigenvalue weighted by atomic mass is 16.5. The minimum absolute atomic E-state index is 0.160. The van der Waals surface area contributed by atoms with Crippen molar-refractivity contribution >= 4 is 5.91 Å². The average molecular weight is 361 g/mol. The molecule has 0 atom stereocenters. The molecule has 1 saturated heterocycles. The van der Waals surface area contributed by atoms with Gasteiger partial charge in [-0.05, 0) is 12.0 Å². The van der Waals surface area contributed by atoms with Crippen LogP contribution in [-0.4, -0.2) is 39.0 Å². The predicted octanol–water partition coefficient (Wildman–Crippen LogP) is 2.48. The van der Waals surface area contributed by atoms with Gasteiger partial charge in [-0.1, -0.05) is 32.9 Å². The molecule has 0 saturated carbocycles. The van der Waals surface area contributed by atoms with Crippen molar-refractivity contribution in [3.63, 3.8) is 0 Å². The molecule has 8 nitrogen and oxygen atoms in total. The number of ether oxygens (including phenoxy) is 1. The molecule has 1 amide bonds. The fourth-order valence-corrected chi connectivity index (χ4v) is 3.07. The number of rotatable bonds is 6. The van der Waals surface area contributed by atoms with Crippen molar-refractivity contribution in [3.05, 3.63) is 29.7 Å². The van der Waals surface area contributed by atoms with E-state index in [4.69, 9.17) is 9.26 Å². The molecule has 1 aliphatic rings. The standard InChI is InChI=1S/C18H27N5O3/c1-12(2)11-23-14(5-8-19-23)16(24)21-18(6-9-25-10-7-18)17-20-15(13(3)4)22-26-17/h5,8,12-13H,6-7,9-11H2,1-4H3,(H,21,24). The smallest absolute Gasteiger partial charge is 0.270 e. The first kappa shape index (κ1) is 18.6. The minimum Gasteiger partial charge on any atom is -0.381 e. The summed E-state index contributed by atoms with van der Waals surface area (Å²) in [6.07, 6.45) is 2.84. The van der Waals surface area contributed by atoms with Gasteiger partial charge in [-0.3, -0.25) is 9.48 Å². The van der Waals surface area contributed by atoms with E-state index in [2.05, 4.69) is 34.4 Å². The zero-order chi connectivity index (χ0) is 18.7. The van der Waals surface area contributed by atoms with E-state index in [9.17, 15) is 4.79 Å². The Hall–Kier alpha value is -2.22. The first-order valence-electron chi connectivity index (χ1n) is 9.17. The van der Waals surface area contributed by atoms with Crippen LogP contribution in [0.4, 0.5) is 0 Å². The molecule has 26 heavy (non-hydrogen) atoms. The second-order valence-electron chi connectivity index (χ2n) is 7.55. The molecular weight excluding hydrogens is 334 g/mol. The highest BCUT2D eigenvalue weighted by Crippen LogP contribution is 2.32. The van der Waals surface area contributed by atoms with E-state index in [-0.39, 0.29) is 11.8 Å². The van der Waals surface area contributed by atoms with Crippen molar-refractivity contribution in [2.45, 2.75) is 58.5 Å². The van der Waals surface area contributed by atoms with E-state index < -0.39 is 5.54 Å². The second-order valence-corrected chi connectivity index (χ2v) is 7.55. The lowest BCUT2D eigenvalue weighted by Crippen LogP contribution is -2.50. The van der Waals surface area contributed by atoms with Crippen LogP contribution in [0.15, 0.2) is 16.8 Å². The number of aromatic nitrogens is 4. The molecule has 0 spiro atoms. The van der Waals surface area contributed by atoms with E-state index in [1.807, 2.05) is 13.8 Å². The fourth-order valence-electron chi connectivity index (χ4n) is 3.07. The minimum atomic E-state index is -0.706. The SMILES string of the molecule is CC(C)Cn1nccc1C(=O)NC1(c2nc(C(C)C)no2)CCOCC1. The fraction of sp³-hybridized carbons (Fsp3) is 0.667. The molecule has 2 aromatic rings. The van der Waals surface area contributed by atoms with Crippen LogP contribution in [0.1, 0.15) is 68.7 Å². The van der Waals surface area contributed by atoms with Crippen LogP contribution < -0.4 is 5.32 Å². The van der Waals surface area contributed by atoms with E-state index in [0.29, 0.717) is 55.9 Å². The van der Waals surface area contributed by atoms with Crippen LogP contribution in [-0.2, 0) is 16.8 Å². The van der Waals surface area contributed by atoms with Crippen LogP contribution >= 0.6 is 0 Å². The van der Waals surface area contributed by atoms with Gasteiger partial charge in [-0.2, -0.15) is 10.1 Å². The van der Waals surface area contributed by atoms with Gasteiger partial charge in [0, 0.05) is 44.7 Å². The molecule has 8 heteroatoms. The third kappa shape index (κ3) is 3.80. The lowest BCUT2D eigenvalue weighted by molar-refractivity contribution is 0.0219. The summed E-state index contributed by atoms with van der Waals surface area (Å²) in [6.45, 7) is 9.95. The number of amides is 1. The quantitative estimate of drug-likeness (QED) is 0.849.